The van der Waals surface area contributed by atoms with Gasteiger partial charge in [-0.05, 0) is 12.1 Å². The summed E-state index contributed by atoms with van der Waals surface area (Å²) in [5.74, 6) is 10.5. The maximum Gasteiger partial charge on any atom is 0.336 e. The summed E-state index contributed by atoms with van der Waals surface area (Å²) < 4.78 is 0.757. The monoisotopic (exact) mass is 381 g/mol. The Morgan fingerprint density at radius 1 is 1.04 bits per heavy atom. The van der Waals surface area contributed by atoms with Crippen LogP contribution in [0.5, 0.6) is 0 Å². The number of benzene rings is 1. The summed E-state index contributed by atoms with van der Waals surface area (Å²) in [5.41, 5.74) is 10.9. The van der Waals surface area contributed by atoms with Crippen LogP contribution in [0, 0.1) is 0 Å². The Morgan fingerprint density at radius 2 is 1.70 bits per heavy atom. The number of carbonyl (C=O) groups excluding carboxylic acids is 2. The second-order valence-corrected chi connectivity index (χ2v) is 5.13. The summed E-state index contributed by atoms with van der Waals surface area (Å²) in [6.45, 7) is 0. The number of halogens is 1. The molecule has 0 aliphatic heterocycles. The van der Waals surface area contributed by atoms with Gasteiger partial charge in [0, 0.05) is 10.0 Å². The number of rotatable bonds is 3. The smallest absolute Gasteiger partial charge is 0.336 e. The maximum atomic E-state index is 11.4. The molecule has 11 nitrogen and oxygen atoms in total. The molecule has 0 unspecified atom stereocenters. The lowest BCUT2D eigenvalue weighted by Crippen LogP contribution is -2.45. The third kappa shape index (κ3) is 3.50. The number of hydrogen-bond donors (Lipinski definition) is 4. The van der Waals surface area contributed by atoms with Crippen LogP contribution < -0.4 is 33.2 Å². The highest BCUT2D eigenvalue weighted by molar-refractivity contribution is 9.10. The van der Waals surface area contributed by atoms with Gasteiger partial charge in [-0.3, -0.25) is 0 Å². The first-order chi connectivity index (χ1) is 10.8. The minimum absolute atomic E-state index is 0.141. The molecule has 8 N–H and O–H groups in total. The van der Waals surface area contributed by atoms with Crippen molar-refractivity contribution >= 4 is 39.8 Å². The van der Waals surface area contributed by atoms with Crippen LogP contribution in [0.3, 0.4) is 0 Å². The van der Waals surface area contributed by atoms with Crippen LogP contribution in [0.1, 0.15) is 0 Å². The summed E-state index contributed by atoms with van der Waals surface area (Å²) >= 11 is 3.31. The number of aromatic nitrogens is 3. The van der Waals surface area contributed by atoms with E-state index in [0.717, 1.165) is 4.47 Å². The molecule has 1 heterocycles. The molecule has 0 saturated carbocycles. The minimum Gasteiger partial charge on any atom is -0.350 e. The number of anilines is 2. The molecule has 120 valence electrons. The van der Waals surface area contributed by atoms with Crippen LogP contribution in [-0.4, -0.2) is 27.2 Å². The van der Waals surface area contributed by atoms with Gasteiger partial charge in [0.1, 0.15) is 5.69 Å². The molecule has 0 saturated heterocycles. The molecule has 2 aromatic rings. The standard InChI is InChI=1S/C11H12BrN9O2/c12-6-3-1-2-5(4-6)7-8(20(15)9(13)22)17-11(19-18-7)21(16)10(14)23/h1-4H,15-16H2,(H2,13,22)(H2,14,23). The van der Waals surface area contributed by atoms with Crippen molar-refractivity contribution in [3.8, 4) is 11.3 Å². The molecule has 0 atom stereocenters. The van der Waals surface area contributed by atoms with Crippen molar-refractivity contribution in [1.29, 1.82) is 0 Å². The van der Waals surface area contributed by atoms with Crippen LogP contribution in [0.2, 0.25) is 0 Å². The molecular formula is C11H12BrN9O2. The number of hydrazine groups is 2. The lowest BCUT2D eigenvalue weighted by Gasteiger charge is -2.18. The normalized spacial score (nSPS) is 10.2. The van der Waals surface area contributed by atoms with E-state index in [-0.39, 0.29) is 17.5 Å². The molecule has 0 spiro atoms. The van der Waals surface area contributed by atoms with Crippen LogP contribution in [0.15, 0.2) is 28.7 Å². The van der Waals surface area contributed by atoms with E-state index in [2.05, 4.69) is 31.1 Å². The summed E-state index contributed by atoms with van der Waals surface area (Å²) in [5, 5.41) is 8.62. The van der Waals surface area contributed by atoms with E-state index in [0.29, 0.717) is 15.6 Å². The summed E-state index contributed by atoms with van der Waals surface area (Å²) in [4.78, 5) is 26.4. The SMILES string of the molecule is NC(=O)N(N)c1nnc(-c2cccc(Br)c2)c(N(N)C(N)=O)n1. The Labute approximate surface area is 138 Å². The molecule has 0 bridgehead atoms. The van der Waals surface area contributed by atoms with E-state index >= 15 is 0 Å². The van der Waals surface area contributed by atoms with Gasteiger partial charge in [0.15, 0.2) is 5.82 Å². The van der Waals surface area contributed by atoms with Crippen molar-refractivity contribution in [1.82, 2.24) is 15.2 Å². The van der Waals surface area contributed by atoms with Crippen molar-refractivity contribution in [2.75, 3.05) is 10.0 Å². The fourth-order valence-electron chi connectivity index (χ4n) is 1.61. The van der Waals surface area contributed by atoms with Crippen molar-refractivity contribution < 1.29 is 9.59 Å². The summed E-state index contributed by atoms with van der Waals surface area (Å²) in [7, 11) is 0. The van der Waals surface area contributed by atoms with E-state index < -0.39 is 12.1 Å². The molecule has 23 heavy (non-hydrogen) atoms. The zero-order chi connectivity index (χ0) is 17.1. The first kappa shape index (κ1) is 16.5. The number of amides is 4. The van der Waals surface area contributed by atoms with Crippen molar-refractivity contribution in [3.05, 3.63) is 28.7 Å². The largest absolute Gasteiger partial charge is 0.350 e. The molecule has 0 radical (unpaired) electrons. The second kappa shape index (κ2) is 6.51. The van der Waals surface area contributed by atoms with Crippen molar-refractivity contribution in [3.63, 3.8) is 0 Å². The molecule has 12 heteroatoms. The lowest BCUT2D eigenvalue weighted by molar-refractivity contribution is 0.253. The Kier molecular flexibility index (Phi) is 4.68. The average Bonchev–Trinajstić information content (AvgIpc) is 2.52. The molecule has 0 fully saturated rings. The Bertz CT molecular complexity index is 769. The Morgan fingerprint density at radius 3 is 2.26 bits per heavy atom. The van der Waals surface area contributed by atoms with Crippen LogP contribution in [0.4, 0.5) is 21.4 Å². The van der Waals surface area contributed by atoms with E-state index in [1.165, 1.54) is 0 Å². The predicted molar refractivity (Wildman–Crippen MR) is 85.5 cm³/mol. The van der Waals surface area contributed by atoms with E-state index in [9.17, 15) is 9.59 Å². The van der Waals surface area contributed by atoms with Crippen molar-refractivity contribution in [2.24, 2.45) is 23.2 Å². The molecule has 2 rings (SSSR count). The van der Waals surface area contributed by atoms with E-state index in [1.807, 2.05) is 0 Å². The number of nitrogens with zero attached hydrogens (tertiary/aromatic N) is 5. The van der Waals surface area contributed by atoms with Gasteiger partial charge in [0.25, 0.3) is 5.95 Å². The zero-order valence-corrected chi connectivity index (χ0v) is 13.1. The Hall–Kier alpha value is -2.83. The summed E-state index contributed by atoms with van der Waals surface area (Å²) in [6, 6.07) is 4.93. The molecule has 0 aliphatic rings. The number of hydrogen-bond acceptors (Lipinski definition) is 7. The molecule has 1 aromatic heterocycles. The quantitative estimate of drug-likeness (QED) is 0.322. The van der Waals surface area contributed by atoms with Gasteiger partial charge in [-0.15, -0.1) is 10.2 Å². The average molecular weight is 382 g/mol. The first-order valence-electron chi connectivity index (χ1n) is 6.00. The number of urea groups is 2. The van der Waals surface area contributed by atoms with Crippen LogP contribution >= 0.6 is 15.9 Å². The van der Waals surface area contributed by atoms with Gasteiger partial charge in [-0.2, -0.15) is 9.99 Å². The third-order valence-corrected chi connectivity index (χ3v) is 3.17. The summed E-state index contributed by atoms with van der Waals surface area (Å²) in [6.07, 6.45) is 0. The van der Waals surface area contributed by atoms with Gasteiger partial charge in [0.05, 0.1) is 0 Å². The highest BCUT2D eigenvalue weighted by atomic mass is 79.9. The van der Waals surface area contributed by atoms with Gasteiger partial charge < -0.3 is 11.5 Å². The number of nitrogens with two attached hydrogens (primary N) is 4. The molecule has 0 aliphatic carbocycles. The van der Waals surface area contributed by atoms with Crippen LogP contribution in [-0.2, 0) is 0 Å². The number of carbonyl (C=O) groups is 2. The molecular weight excluding hydrogens is 370 g/mol. The van der Waals surface area contributed by atoms with E-state index in [4.69, 9.17) is 23.2 Å². The fraction of sp³-hybridized carbons (Fsp3) is 0. The lowest BCUT2D eigenvalue weighted by atomic mass is 10.1. The topological polar surface area (TPSA) is 183 Å². The maximum absolute atomic E-state index is 11.4. The predicted octanol–water partition coefficient (Wildman–Crippen LogP) is -0.181. The van der Waals surface area contributed by atoms with Crippen molar-refractivity contribution in [2.45, 2.75) is 0 Å². The van der Waals surface area contributed by atoms with Gasteiger partial charge in [-0.25, -0.2) is 26.3 Å². The van der Waals surface area contributed by atoms with E-state index in [1.54, 1.807) is 24.3 Å². The number of primary amides is 2. The van der Waals surface area contributed by atoms with Gasteiger partial charge in [-0.1, -0.05) is 28.1 Å². The first-order valence-corrected chi connectivity index (χ1v) is 6.79. The zero-order valence-electron chi connectivity index (χ0n) is 11.5. The highest BCUT2D eigenvalue weighted by Crippen LogP contribution is 2.28. The van der Waals surface area contributed by atoms with Gasteiger partial charge in [0.2, 0.25) is 0 Å². The fourth-order valence-corrected chi connectivity index (χ4v) is 2.00. The Balaban J connectivity index is 2.62. The highest BCUT2D eigenvalue weighted by Gasteiger charge is 2.22. The third-order valence-electron chi connectivity index (χ3n) is 2.67. The van der Waals surface area contributed by atoms with Gasteiger partial charge >= 0.3 is 12.1 Å². The van der Waals surface area contributed by atoms with Crippen LogP contribution in [0.25, 0.3) is 11.3 Å². The minimum atomic E-state index is -1.02. The molecule has 4 amide bonds. The molecule has 1 aromatic carbocycles. The second-order valence-electron chi connectivity index (χ2n) is 4.21.